The lowest BCUT2D eigenvalue weighted by Crippen LogP contribution is -2.44. The fourth-order valence-electron chi connectivity index (χ4n) is 3.84. The Labute approximate surface area is 161 Å². The molecule has 27 heavy (non-hydrogen) atoms. The van der Waals surface area contributed by atoms with Crippen LogP contribution < -0.4 is 5.32 Å². The molecule has 2 nitrogen and oxygen atoms in total. The van der Waals surface area contributed by atoms with Gasteiger partial charge in [0.2, 0.25) is 0 Å². The SMILES string of the molecule is C=C(N[C@@](C)(Cc1ccccc1)CC(C)C)c1cnc2c(F)cccc2c1. The molecule has 3 heteroatoms. The quantitative estimate of drug-likeness (QED) is 0.559. The Bertz CT molecular complexity index is 934. The minimum absolute atomic E-state index is 0.135. The van der Waals surface area contributed by atoms with Crippen LogP contribution in [0.5, 0.6) is 0 Å². The highest BCUT2D eigenvalue weighted by Gasteiger charge is 2.26. The Morgan fingerprint density at radius 2 is 1.89 bits per heavy atom. The lowest BCUT2D eigenvalue weighted by atomic mass is 9.84. The maximum atomic E-state index is 13.9. The Morgan fingerprint density at radius 3 is 2.59 bits per heavy atom. The monoisotopic (exact) mass is 362 g/mol. The summed E-state index contributed by atoms with van der Waals surface area (Å²) >= 11 is 0. The first-order valence-corrected chi connectivity index (χ1v) is 9.42. The Balaban J connectivity index is 1.85. The third-order valence-corrected chi connectivity index (χ3v) is 4.76. The van der Waals surface area contributed by atoms with Crippen LogP contribution in [0.15, 0.2) is 67.4 Å². The highest BCUT2D eigenvalue weighted by molar-refractivity contribution is 5.82. The molecule has 1 N–H and O–H groups in total. The normalized spacial score (nSPS) is 13.5. The van der Waals surface area contributed by atoms with E-state index in [2.05, 4.69) is 61.9 Å². The molecule has 1 heterocycles. The van der Waals surface area contributed by atoms with Gasteiger partial charge in [-0.3, -0.25) is 4.98 Å². The molecule has 3 rings (SSSR count). The second kappa shape index (κ2) is 7.91. The summed E-state index contributed by atoms with van der Waals surface area (Å²) in [6.45, 7) is 10.9. The molecule has 0 saturated carbocycles. The van der Waals surface area contributed by atoms with Crippen molar-refractivity contribution in [3.63, 3.8) is 0 Å². The minimum Gasteiger partial charge on any atom is -0.379 e. The van der Waals surface area contributed by atoms with E-state index in [4.69, 9.17) is 0 Å². The molecule has 0 spiro atoms. The predicted molar refractivity (Wildman–Crippen MR) is 112 cm³/mol. The topological polar surface area (TPSA) is 24.9 Å². The van der Waals surface area contributed by atoms with Gasteiger partial charge in [-0.25, -0.2) is 4.39 Å². The van der Waals surface area contributed by atoms with E-state index in [1.54, 1.807) is 12.3 Å². The van der Waals surface area contributed by atoms with Crippen molar-refractivity contribution in [2.24, 2.45) is 5.92 Å². The van der Waals surface area contributed by atoms with E-state index in [-0.39, 0.29) is 11.4 Å². The first kappa shape index (κ1) is 19.1. The van der Waals surface area contributed by atoms with E-state index in [9.17, 15) is 4.39 Å². The van der Waals surface area contributed by atoms with Crippen LogP contribution in [0.2, 0.25) is 0 Å². The molecule has 0 aliphatic carbocycles. The van der Waals surface area contributed by atoms with Gasteiger partial charge < -0.3 is 5.32 Å². The Kier molecular flexibility index (Phi) is 5.59. The molecule has 0 fully saturated rings. The molecule has 0 aliphatic rings. The van der Waals surface area contributed by atoms with Crippen LogP contribution in [0, 0.1) is 11.7 Å². The first-order valence-electron chi connectivity index (χ1n) is 9.42. The molecule has 0 saturated heterocycles. The van der Waals surface area contributed by atoms with Crippen molar-refractivity contribution in [1.29, 1.82) is 0 Å². The molecule has 0 aliphatic heterocycles. The summed E-state index contributed by atoms with van der Waals surface area (Å²) in [5.74, 6) is 0.245. The molecule has 0 radical (unpaired) electrons. The third kappa shape index (κ3) is 4.73. The summed E-state index contributed by atoms with van der Waals surface area (Å²) < 4.78 is 13.9. The van der Waals surface area contributed by atoms with Gasteiger partial charge in [0.05, 0.1) is 0 Å². The molecule has 1 atom stereocenters. The molecule has 140 valence electrons. The number of hydrogen-bond acceptors (Lipinski definition) is 2. The molecule has 3 aromatic rings. The lowest BCUT2D eigenvalue weighted by molar-refractivity contribution is 0.327. The molecule has 2 aromatic carbocycles. The van der Waals surface area contributed by atoms with E-state index in [1.807, 2.05) is 18.2 Å². The zero-order chi connectivity index (χ0) is 19.4. The average molecular weight is 362 g/mol. The van der Waals surface area contributed by atoms with Gasteiger partial charge >= 0.3 is 0 Å². The van der Waals surface area contributed by atoms with E-state index >= 15 is 0 Å². The van der Waals surface area contributed by atoms with E-state index in [1.165, 1.54) is 11.6 Å². The van der Waals surface area contributed by atoms with Crippen LogP contribution in [0.4, 0.5) is 4.39 Å². The minimum atomic E-state index is -0.300. The maximum Gasteiger partial charge on any atom is 0.149 e. The van der Waals surface area contributed by atoms with Crippen LogP contribution in [0.25, 0.3) is 16.6 Å². The summed E-state index contributed by atoms with van der Waals surface area (Å²) in [4.78, 5) is 4.30. The standard InChI is InChI=1S/C24H27FN2/c1-17(2)14-24(4,15-19-9-6-5-7-10-19)27-18(3)21-13-20-11-8-12-22(25)23(20)26-16-21/h5-13,16-17,27H,3,14-15H2,1-2,4H3/t24-/m1/s1. The zero-order valence-corrected chi connectivity index (χ0v) is 16.3. The van der Waals surface area contributed by atoms with Crippen molar-refractivity contribution in [3.8, 4) is 0 Å². The Hall–Kier alpha value is -2.68. The molecular weight excluding hydrogens is 335 g/mol. The number of aromatic nitrogens is 1. The average Bonchev–Trinajstić information content (AvgIpc) is 2.61. The number of pyridine rings is 1. The zero-order valence-electron chi connectivity index (χ0n) is 16.3. The van der Waals surface area contributed by atoms with Gasteiger partial charge in [0, 0.05) is 28.4 Å². The van der Waals surface area contributed by atoms with Gasteiger partial charge in [-0.1, -0.05) is 62.9 Å². The Morgan fingerprint density at radius 1 is 1.15 bits per heavy atom. The smallest absolute Gasteiger partial charge is 0.149 e. The van der Waals surface area contributed by atoms with Crippen molar-refractivity contribution in [2.75, 3.05) is 0 Å². The highest BCUT2D eigenvalue weighted by Crippen LogP contribution is 2.26. The highest BCUT2D eigenvalue weighted by atomic mass is 19.1. The molecule has 0 amide bonds. The van der Waals surface area contributed by atoms with Gasteiger partial charge in [0.1, 0.15) is 11.3 Å². The van der Waals surface area contributed by atoms with Crippen molar-refractivity contribution in [3.05, 3.63) is 84.3 Å². The van der Waals surface area contributed by atoms with Gasteiger partial charge in [-0.15, -0.1) is 0 Å². The number of halogens is 1. The summed E-state index contributed by atoms with van der Waals surface area (Å²) in [6, 6.07) is 17.4. The number of benzene rings is 2. The number of nitrogens with one attached hydrogen (secondary N) is 1. The van der Waals surface area contributed by atoms with E-state index in [0.29, 0.717) is 11.4 Å². The lowest BCUT2D eigenvalue weighted by Gasteiger charge is -2.35. The van der Waals surface area contributed by atoms with Crippen LogP contribution in [0.3, 0.4) is 0 Å². The van der Waals surface area contributed by atoms with Gasteiger partial charge in [-0.05, 0) is 43.4 Å². The van der Waals surface area contributed by atoms with Crippen LogP contribution in [0.1, 0.15) is 38.3 Å². The summed E-state index contributed by atoms with van der Waals surface area (Å²) in [6.07, 6.45) is 3.61. The van der Waals surface area contributed by atoms with E-state index in [0.717, 1.165) is 29.5 Å². The van der Waals surface area contributed by atoms with Crippen molar-refractivity contribution in [1.82, 2.24) is 10.3 Å². The fraction of sp³-hybridized carbons (Fsp3) is 0.292. The number of fused-ring (bicyclic) bond motifs is 1. The van der Waals surface area contributed by atoms with Crippen LogP contribution in [-0.4, -0.2) is 10.5 Å². The number of rotatable bonds is 7. The van der Waals surface area contributed by atoms with Crippen LogP contribution in [-0.2, 0) is 6.42 Å². The summed E-state index contributed by atoms with van der Waals surface area (Å²) in [7, 11) is 0. The summed E-state index contributed by atoms with van der Waals surface area (Å²) in [5, 5.41) is 4.42. The van der Waals surface area contributed by atoms with E-state index < -0.39 is 0 Å². The van der Waals surface area contributed by atoms with Crippen LogP contribution >= 0.6 is 0 Å². The molecular formula is C24H27FN2. The maximum absolute atomic E-state index is 13.9. The number of hydrogen-bond donors (Lipinski definition) is 1. The van der Waals surface area contributed by atoms with Gasteiger partial charge in [0.25, 0.3) is 0 Å². The molecule has 0 bridgehead atoms. The third-order valence-electron chi connectivity index (χ3n) is 4.76. The fourth-order valence-corrected chi connectivity index (χ4v) is 3.84. The summed E-state index contributed by atoms with van der Waals surface area (Å²) in [5.41, 5.74) is 3.25. The number of nitrogens with zero attached hydrogens (tertiary/aromatic N) is 1. The largest absolute Gasteiger partial charge is 0.379 e. The van der Waals surface area contributed by atoms with Gasteiger partial charge in [0.15, 0.2) is 0 Å². The second-order valence-electron chi connectivity index (χ2n) is 7.96. The second-order valence-corrected chi connectivity index (χ2v) is 7.96. The first-order chi connectivity index (χ1) is 12.9. The number of para-hydroxylation sites is 1. The molecule has 0 unspecified atom stereocenters. The van der Waals surface area contributed by atoms with Crippen molar-refractivity contribution < 1.29 is 4.39 Å². The van der Waals surface area contributed by atoms with Gasteiger partial charge in [-0.2, -0.15) is 0 Å². The van der Waals surface area contributed by atoms with Crippen molar-refractivity contribution >= 4 is 16.6 Å². The predicted octanol–water partition coefficient (Wildman–Crippen LogP) is 5.98. The van der Waals surface area contributed by atoms with Crippen molar-refractivity contribution in [2.45, 2.75) is 39.2 Å². The molecule has 1 aromatic heterocycles.